The summed E-state index contributed by atoms with van der Waals surface area (Å²) in [5, 5.41) is 7.78. The summed E-state index contributed by atoms with van der Waals surface area (Å²) in [7, 11) is 0. The second kappa shape index (κ2) is 5.74. The van der Waals surface area contributed by atoms with Crippen LogP contribution in [0.4, 0.5) is 18.0 Å². The zero-order chi connectivity index (χ0) is 14.6. The number of halogens is 3. The highest BCUT2D eigenvalue weighted by molar-refractivity contribution is 5.70. The maximum atomic E-state index is 12.3. The summed E-state index contributed by atoms with van der Waals surface area (Å²) >= 11 is 0. The lowest BCUT2D eigenvalue weighted by Gasteiger charge is -2.32. The zero-order valence-electron chi connectivity index (χ0n) is 10.4. The molecule has 0 unspecified atom stereocenters. The summed E-state index contributed by atoms with van der Waals surface area (Å²) in [5.74, 6) is 0. The summed E-state index contributed by atoms with van der Waals surface area (Å²) in [6.45, 7) is 6.23. The van der Waals surface area contributed by atoms with Crippen molar-refractivity contribution in [2.45, 2.75) is 32.5 Å². The minimum atomic E-state index is -4.61. The van der Waals surface area contributed by atoms with Crippen molar-refractivity contribution in [3.05, 3.63) is 12.8 Å². The van der Waals surface area contributed by atoms with Crippen molar-refractivity contribution in [2.75, 3.05) is 6.54 Å². The van der Waals surface area contributed by atoms with E-state index in [9.17, 15) is 18.0 Å². The molecule has 0 aliphatic rings. The number of rotatable bonds is 4. The van der Waals surface area contributed by atoms with Crippen LogP contribution in [-0.4, -0.2) is 40.8 Å². The molecule has 1 N–H and O–H groups in total. The third kappa shape index (κ3) is 6.12. The SMILES string of the molecule is C=CN(C=N)N(CC(F)(F)F)C(=O)OC(C)(C)C. The molecule has 18 heavy (non-hydrogen) atoms. The van der Waals surface area contributed by atoms with Gasteiger partial charge in [0.1, 0.15) is 18.5 Å². The van der Waals surface area contributed by atoms with Crippen LogP contribution in [0.5, 0.6) is 0 Å². The van der Waals surface area contributed by atoms with Gasteiger partial charge in [0.2, 0.25) is 0 Å². The summed E-state index contributed by atoms with van der Waals surface area (Å²) in [4.78, 5) is 11.6. The second-order valence-corrected chi connectivity index (χ2v) is 4.34. The fraction of sp³-hybridized carbons (Fsp3) is 0.600. The van der Waals surface area contributed by atoms with Crippen molar-refractivity contribution < 1.29 is 22.7 Å². The lowest BCUT2D eigenvalue weighted by Crippen LogP contribution is -2.49. The van der Waals surface area contributed by atoms with Gasteiger partial charge >= 0.3 is 12.3 Å². The number of hydrogen-bond acceptors (Lipinski definition) is 3. The molecule has 0 aromatic carbocycles. The van der Waals surface area contributed by atoms with Gasteiger partial charge in [-0.3, -0.25) is 5.41 Å². The maximum Gasteiger partial charge on any atom is 0.429 e. The molecule has 0 heterocycles. The Balaban J connectivity index is 5.03. The van der Waals surface area contributed by atoms with Crippen LogP contribution in [0.2, 0.25) is 0 Å². The van der Waals surface area contributed by atoms with Gasteiger partial charge in [0.25, 0.3) is 0 Å². The zero-order valence-corrected chi connectivity index (χ0v) is 10.4. The fourth-order valence-electron chi connectivity index (χ4n) is 0.946. The van der Waals surface area contributed by atoms with Crippen molar-refractivity contribution in [1.82, 2.24) is 10.0 Å². The van der Waals surface area contributed by atoms with Crippen LogP contribution in [0.3, 0.4) is 0 Å². The lowest BCUT2D eigenvalue weighted by atomic mass is 10.2. The molecule has 0 aliphatic carbocycles. The molecule has 1 amide bonds. The molecule has 5 nitrogen and oxygen atoms in total. The van der Waals surface area contributed by atoms with Gasteiger partial charge < -0.3 is 4.74 Å². The number of nitrogens with one attached hydrogen (secondary N) is 1. The van der Waals surface area contributed by atoms with Crippen molar-refractivity contribution in [1.29, 1.82) is 5.41 Å². The van der Waals surface area contributed by atoms with E-state index in [0.29, 0.717) is 11.3 Å². The van der Waals surface area contributed by atoms with E-state index in [1.807, 2.05) is 0 Å². The predicted octanol–water partition coefficient (Wildman–Crippen LogP) is 2.75. The first kappa shape index (κ1) is 16.3. The van der Waals surface area contributed by atoms with Crippen molar-refractivity contribution >= 4 is 12.4 Å². The van der Waals surface area contributed by atoms with E-state index < -0.39 is 24.4 Å². The Hall–Kier alpha value is -1.73. The second-order valence-electron chi connectivity index (χ2n) is 4.34. The molecule has 104 valence electrons. The molecule has 0 saturated carbocycles. The highest BCUT2D eigenvalue weighted by Crippen LogP contribution is 2.19. The van der Waals surface area contributed by atoms with E-state index in [2.05, 4.69) is 6.58 Å². The lowest BCUT2D eigenvalue weighted by molar-refractivity contribution is -0.160. The third-order valence-electron chi connectivity index (χ3n) is 1.53. The molecule has 0 aromatic heterocycles. The Morgan fingerprint density at radius 3 is 2.17 bits per heavy atom. The molecule has 0 atom stereocenters. The molecule has 0 spiro atoms. The van der Waals surface area contributed by atoms with Crippen LogP contribution < -0.4 is 0 Å². The van der Waals surface area contributed by atoms with Gasteiger partial charge in [-0.25, -0.2) is 14.8 Å². The monoisotopic (exact) mass is 267 g/mol. The Morgan fingerprint density at radius 2 is 1.89 bits per heavy atom. The number of alkyl halides is 3. The average Bonchev–Trinajstić information content (AvgIpc) is 2.13. The summed E-state index contributed by atoms with van der Waals surface area (Å²) in [6, 6.07) is 0. The molecule has 0 rings (SSSR count). The molecule has 8 heteroatoms. The summed E-state index contributed by atoms with van der Waals surface area (Å²) in [6.07, 6.45) is -4.38. The maximum absolute atomic E-state index is 12.3. The highest BCUT2D eigenvalue weighted by Gasteiger charge is 2.37. The first-order valence-electron chi connectivity index (χ1n) is 4.99. The van der Waals surface area contributed by atoms with Crippen LogP contribution in [-0.2, 0) is 4.74 Å². The first-order valence-corrected chi connectivity index (χ1v) is 4.99. The molecule has 0 aliphatic heterocycles. The van der Waals surface area contributed by atoms with Crippen LogP contribution in [0.1, 0.15) is 20.8 Å². The molecule has 0 aromatic rings. The number of nitrogens with zero attached hydrogens (tertiary/aromatic N) is 2. The largest absolute Gasteiger partial charge is 0.442 e. The van der Waals surface area contributed by atoms with E-state index in [4.69, 9.17) is 10.1 Å². The van der Waals surface area contributed by atoms with E-state index in [-0.39, 0.29) is 5.01 Å². The van der Waals surface area contributed by atoms with Gasteiger partial charge in [0.15, 0.2) is 0 Å². The Bertz CT molecular complexity index is 315. The van der Waals surface area contributed by atoms with Crippen molar-refractivity contribution in [2.24, 2.45) is 0 Å². The molecule has 0 bridgehead atoms. The number of carbonyl (C=O) groups is 1. The van der Waals surface area contributed by atoms with E-state index >= 15 is 0 Å². The van der Waals surface area contributed by atoms with Crippen LogP contribution in [0.15, 0.2) is 12.8 Å². The predicted molar refractivity (Wildman–Crippen MR) is 59.8 cm³/mol. The normalized spacial score (nSPS) is 11.7. The standard InChI is InChI=1S/C10H16F3N3O2/c1-5-15(7-14)16(6-10(11,12)13)8(17)18-9(2,3)4/h5,7,14H,1,6H2,2-4H3. The number of amides is 1. The van der Waals surface area contributed by atoms with Gasteiger partial charge in [-0.2, -0.15) is 13.2 Å². The Labute approximate surface area is 103 Å². The minimum absolute atomic E-state index is 0.241. The Kier molecular flexibility index (Phi) is 5.19. The minimum Gasteiger partial charge on any atom is -0.442 e. The van der Waals surface area contributed by atoms with Crippen LogP contribution in [0, 0.1) is 5.41 Å². The van der Waals surface area contributed by atoms with Gasteiger partial charge in [0, 0.05) is 6.20 Å². The molecular weight excluding hydrogens is 251 g/mol. The van der Waals surface area contributed by atoms with E-state index in [0.717, 1.165) is 6.20 Å². The quantitative estimate of drug-likeness (QED) is 0.484. The third-order valence-corrected chi connectivity index (χ3v) is 1.53. The number of ether oxygens (including phenoxy) is 1. The van der Waals surface area contributed by atoms with E-state index in [1.165, 1.54) is 20.8 Å². The number of hydrogen-bond donors (Lipinski definition) is 1. The van der Waals surface area contributed by atoms with Crippen LogP contribution >= 0.6 is 0 Å². The van der Waals surface area contributed by atoms with E-state index in [1.54, 1.807) is 0 Å². The first-order chi connectivity index (χ1) is 8.00. The highest BCUT2D eigenvalue weighted by atomic mass is 19.4. The summed E-state index contributed by atoms with van der Waals surface area (Å²) < 4.78 is 41.9. The van der Waals surface area contributed by atoms with Gasteiger partial charge in [-0.15, -0.1) is 0 Å². The van der Waals surface area contributed by atoms with Crippen molar-refractivity contribution in [3.8, 4) is 0 Å². The number of hydrazine groups is 1. The van der Waals surface area contributed by atoms with Gasteiger partial charge in [0.05, 0.1) is 0 Å². The molecule has 0 fully saturated rings. The van der Waals surface area contributed by atoms with Crippen molar-refractivity contribution in [3.63, 3.8) is 0 Å². The topological polar surface area (TPSA) is 56.6 Å². The molecule has 0 saturated heterocycles. The summed E-state index contributed by atoms with van der Waals surface area (Å²) in [5.41, 5.74) is -0.935. The smallest absolute Gasteiger partial charge is 0.429 e. The number of carbonyl (C=O) groups excluding carboxylic acids is 1. The van der Waals surface area contributed by atoms with Gasteiger partial charge in [-0.1, -0.05) is 6.58 Å². The Morgan fingerprint density at radius 1 is 1.39 bits per heavy atom. The molecular formula is C10H16F3N3O2. The van der Waals surface area contributed by atoms with Gasteiger partial charge in [-0.05, 0) is 20.8 Å². The fourth-order valence-corrected chi connectivity index (χ4v) is 0.946. The average molecular weight is 267 g/mol. The molecule has 0 radical (unpaired) electrons. The van der Waals surface area contributed by atoms with Crippen LogP contribution in [0.25, 0.3) is 0 Å².